The quantitative estimate of drug-likeness (QED) is 0.0233. The molecule has 0 aliphatic rings. The molecule has 0 bridgehead atoms. The minimum atomic E-state index is -1.58. The summed E-state index contributed by atoms with van der Waals surface area (Å²) < 4.78 is 15.8. The summed E-state index contributed by atoms with van der Waals surface area (Å²) in [7, 11) is 0. The number of hydrogen-bond donors (Lipinski definition) is 10. The van der Waals surface area contributed by atoms with Gasteiger partial charge in [0.1, 0.15) is 37.5 Å². The van der Waals surface area contributed by atoms with Crippen molar-refractivity contribution in [3.05, 3.63) is 74.9 Å². The van der Waals surface area contributed by atoms with E-state index in [9.17, 15) is 88.8 Å². The first kappa shape index (κ1) is 74.4. The van der Waals surface area contributed by atoms with Gasteiger partial charge in [-0.25, -0.2) is 34.3 Å². The van der Waals surface area contributed by atoms with E-state index in [4.69, 9.17) is 19.7 Å². The van der Waals surface area contributed by atoms with Crippen molar-refractivity contribution in [2.75, 3.05) is 0 Å². The van der Waals surface area contributed by atoms with E-state index in [0.717, 1.165) is 4.57 Å². The Balaban J connectivity index is 0.000000699. The zero-order valence-corrected chi connectivity index (χ0v) is 47.4. The third-order valence-corrected chi connectivity index (χ3v) is 12.1. The number of Topliss-reactive ketones (excluding diaryl/α,β-unsaturated/α-hetero) is 3. The highest BCUT2D eigenvalue weighted by atomic mass is 16.6. The molecule has 468 valence electrons. The summed E-state index contributed by atoms with van der Waals surface area (Å²) in [6, 6.07) is -0.190. The smallest absolute Gasteiger partial charge is 0.374 e. The van der Waals surface area contributed by atoms with Gasteiger partial charge in [-0.05, 0) is 51.4 Å². The van der Waals surface area contributed by atoms with Gasteiger partial charge in [-0.1, -0.05) is 27.7 Å². The topological polar surface area (TPSA) is 463 Å². The SMILES string of the molecule is CCC(O)CC(O)CC(O)CC(CC(O)CC)OC(=O)CCC(=O)C(=O)OC(CC(O)CC(O)CC)CC(O)CC(O)CC.O=C(CCC(=O)n1ccnc1)C(=O)n1ccnc1.O=C(O)CCC(=O)C(=O)O.O=C(n1ccnc1)n1ccnc1. The summed E-state index contributed by atoms with van der Waals surface area (Å²) in [6.45, 7) is 6.95. The summed E-state index contributed by atoms with van der Waals surface area (Å²) in [5, 5.41) is 96.5. The zero-order chi connectivity index (χ0) is 63.3. The van der Waals surface area contributed by atoms with E-state index in [0.29, 0.717) is 25.7 Å². The highest BCUT2D eigenvalue weighted by Crippen LogP contribution is 2.20. The van der Waals surface area contributed by atoms with Crippen LogP contribution in [0.15, 0.2) is 74.9 Å². The summed E-state index contributed by atoms with van der Waals surface area (Å²) in [5.74, 6) is -8.57. The number of rotatable bonds is 34. The summed E-state index contributed by atoms with van der Waals surface area (Å²) in [5.41, 5.74) is 0. The Labute approximate surface area is 483 Å². The molecule has 0 aromatic carbocycles. The number of hydrogen-bond acceptors (Lipinski definition) is 24. The van der Waals surface area contributed by atoms with Crippen LogP contribution < -0.4 is 0 Å². The van der Waals surface area contributed by atoms with Crippen LogP contribution in [0.1, 0.15) is 153 Å². The molecule has 9 unspecified atom stereocenters. The number of aliphatic hydroxyl groups excluding tert-OH is 8. The van der Waals surface area contributed by atoms with Gasteiger partial charge in [0.15, 0.2) is 0 Å². The molecule has 10 N–H and O–H groups in total. The first-order valence-electron chi connectivity index (χ1n) is 27.2. The van der Waals surface area contributed by atoms with Crippen molar-refractivity contribution in [2.45, 2.75) is 204 Å². The Bertz CT molecular complexity index is 2500. The monoisotopic (exact) mass is 1190 g/mol. The molecule has 0 fully saturated rings. The number of esters is 2. The Morgan fingerprint density at radius 2 is 0.738 bits per heavy atom. The lowest BCUT2D eigenvalue weighted by Crippen LogP contribution is -2.33. The first-order chi connectivity index (χ1) is 39.7. The maximum absolute atomic E-state index is 12.5. The lowest BCUT2D eigenvalue weighted by molar-refractivity contribution is -0.161. The molecule has 9 atom stereocenters. The summed E-state index contributed by atoms with van der Waals surface area (Å²) in [6.07, 6.45) is 7.25. The molecule has 0 saturated carbocycles. The van der Waals surface area contributed by atoms with Crippen molar-refractivity contribution in [1.82, 2.24) is 38.2 Å². The highest BCUT2D eigenvalue weighted by Gasteiger charge is 2.29. The fourth-order valence-corrected chi connectivity index (χ4v) is 7.28. The van der Waals surface area contributed by atoms with Crippen LogP contribution in [0, 0.1) is 0 Å². The second-order valence-electron chi connectivity index (χ2n) is 19.2. The predicted octanol–water partition coefficient (Wildman–Crippen LogP) is 1.32. The van der Waals surface area contributed by atoms with Gasteiger partial charge in [0.2, 0.25) is 23.3 Å². The predicted molar refractivity (Wildman–Crippen MR) is 290 cm³/mol. The van der Waals surface area contributed by atoms with E-state index >= 15 is 0 Å². The van der Waals surface area contributed by atoms with E-state index in [1.807, 2.05) is 0 Å². The number of aromatic nitrogens is 8. The van der Waals surface area contributed by atoms with Crippen molar-refractivity contribution in [2.24, 2.45) is 0 Å². The Morgan fingerprint density at radius 1 is 0.393 bits per heavy atom. The van der Waals surface area contributed by atoms with Gasteiger partial charge >= 0.3 is 29.9 Å². The van der Waals surface area contributed by atoms with Gasteiger partial charge in [-0.2, -0.15) is 0 Å². The maximum atomic E-state index is 12.5. The van der Waals surface area contributed by atoms with Gasteiger partial charge in [0.05, 0.1) is 61.7 Å². The van der Waals surface area contributed by atoms with Crippen LogP contribution in [0.2, 0.25) is 0 Å². The normalized spacial score (nSPS) is 14.4. The molecule has 0 aliphatic heterocycles. The number of aliphatic carboxylic acids is 2. The largest absolute Gasteiger partial charge is 0.481 e. The Kier molecular flexibility index (Phi) is 36.7. The number of carbonyl (C=O) groups excluding carboxylic acids is 8. The second-order valence-corrected chi connectivity index (χ2v) is 19.2. The van der Waals surface area contributed by atoms with Crippen LogP contribution >= 0.6 is 0 Å². The molecule has 84 heavy (non-hydrogen) atoms. The van der Waals surface area contributed by atoms with Gasteiger partial charge in [0.25, 0.3) is 5.91 Å². The van der Waals surface area contributed by atoms with Gasteiger partial charge < -0.3 is 60.5 Å². The molecular weight excluding hydrogens is 1110 g/mol. The number of imidazole rings is 4. The van der Waals surface area contributed by atoms with Crippen molar-refractivity contribution in [3.63, 3.8) is 0 Å². The maximum Gasteiger partial charge on any atom is 0.374 e. The molecule has 30 nitrogen and oxygen atoms in total. The third kappa shape index (κ3) is 32.3. The number of ether oxygens (including phenoxy) is 2. The fourth-order valence-electron chi connectivity index (χ4n) is 7.28. The van der Waals surface area contributed by atoms with Crippen LogP contribution in [-0.2, 0) is 43.0 Å². The minimum Gasteiger partial charge on any atom is -0.481 e. The highest BCUT2D eigenvalue weighted by molar-refractivity contribution is 6.37. The van der Waals surface area contributed by atoms with Gasteiger partial charge in [0, 0.05) is 101 Å². The molecule has 0 spiro atoms. The number of ketones is 3. The molecule has 4 rings (SSSR count). The minimum absolute atomic E-state index is 0.000262. The number of aliphatic hydroxyl groups is 8. The van der Waals surface area contributed by atoms with Crippen molar-refractivity contribution in [1.29, 1.82) is 0 Å². The average Bonchev–Trinajstić information content (AvgIpc) is 4.37. The van der Waals surface area contributed by atoms with Crippen LogP contribution in [0.25, 0.3) is 0 Å². The van der Waals surface area contributed by atoms with Crippen molar-refractivity contribution >= 4 is 59.1 Å². The summed E-state index contributed by atoms with van der Waals surface area (Å²) >= 11 is 0. The van der Waals surface area contributed by atoms with Gasteiger partial charge in [-0.15, -0.1) is 0 Å². The molecule has 0 aliphatic carbocycles. The molecule has 4 heterocycles. The number of nitrogens with zero attached hydrogens (tertiary/aromatic N) is 8. The van der Waals surface area contributed by atoms with Crippen LogP contribution in [-0.4, -0.2) is 209 Å². The van der Waals surface area contributed by atoms with Crippen LogP contribution in [0.5, 0.6) is 0 Å². The lowest BCUT2D eigenvalue weighted by atomic mass is 9.97. The van der Waals surface area contributed by atoms with Crippen molar-refractivity contribution in [3.8, 4) is 0 Å². The number of carbonyl (C=O) groups is 10. The second kappa shape index (κ2) is 41.4. The molecule has 4 aromatic rings. The molecule has 0 amide bonds. The molecule has 0 saturated heterocycles. The Morgan fingerprint density at radius 3 is 1.13 bits per heavy atom. The van der Waals surface area contributed by atoms with Crippen molar-refractivity contribution < 1.29 is 108 Å². The molecule has 30 heteroatoms. The van der Waals surface area contributed by atoms with E-state index in [-0.39, 0.29) is 76.1 Å². The van der Waals surface area contributed by atoms with E-state index in [2.05, 4.69) is 19.9 Å². The van der Waals surface area contributed by atoms with Gasteiger partial charge in [-0.3, -0.25) is 51.8 Å². The van der Waals surface area contributed by atoms with E-state index in [1.54, 1.807) is 52.5 Å². The van der Waals surface area contributed by atoms with Crippen LogP contribution in [0.3, 0.4) is 0 Å². The average molecular weight is 1190 g/mol. The van der Waals surface area contributed by atoms with Crippen LogP contribution in [0.4, 0.5) is 4.79 Å². The zero-order valence-electron chi connectivity index (χ0n) is 47.4. The van der Waals surface area contributed by atoms with E-state index in [1.165, 1.54) is 63.8 Å². The molecule has 4 aromatic heterocycles. The fraction of sp³-hybridized carbons (Fsp3) is 0.593. The Hall–Kier alpha value is -7.58. The molecular formula is C54H80N8O22. The van der Waals surface area contributed by atoms with E-state index < -0.39 is 134 Å². The lowest BCUT2D eigenvalue weighted by Gasteiger charge is -2.25. The third-order valence-electron chi connectivity index (χ3n) is 12.1. The number of carboxylic acids is 2. The summed E-state index contributed by atoms with van der Waals surface area (Å²) in [4.78, 5) is 128. The number of carboxylic acid groups (broad SMARTS) is 2. The standard InChI is InChI=1S/C31H58O13.C11H10N4O3.C7H6N4O.C5H6O5/c1-5-19(32)11-23(36)14-26(39)16-27(15-22(35)8-4)43-30(41)10-9-29(40)31(42)44-28(17-24(37)12-20(33)6-2)18-25(38)13-21(34)7-3;16-9(11(18)15-6-4-13-8-15)1-2-10(17)14-5-3-12-7-14;12-7(10-3-1-8-5-10)11-4-2-9-6-11;6-3(5(9)10)1-2-4(7)8/h19-28,32-39H,5-18H2,1-4H3;3-8H,1-2H2;1-6H;1-2H2,(H,7,8)(H,9,10). The first-order valence-corrected chi connectivity index (χ1v) is 27.2. The molecule has 0 radical (unpaired) electrons.